The highest BCUT2D eigenvalue weighted by atomic mass is 32.2. The van der Waals surface area contributed by atoms with E-state index in [2.05, 4.69) is 18.7 Å². The molecule has 0 aromatic heterocycles. The van der Waals surface area contributed by atoms with Crippen molar-refractivity contribution in [1.29, 1.82) is 0 Å². The molecule has 0 N–H and O–H groups in total. The number of piperazine rings is 1. The fraction of sp³-hybridized carbons (Fsp3) is 0.933. The highest BCUT2D eigenvalue weighted by Crippen LogP contribution is 2.28. The normalized spacial score (nSPS) is 28.7. The predicted octanol–water partition coefficient (Wildman–Crippen LogP) is 1.36. The Morgan fingerprint density at radius 1 is 1.18 bits per heavy atom. The number of hydrogen-bond donors (Lipinski definition) is 0. The average molecular weight is 332 g/mol. The summed E-state index contributed by atoms with van der Waals surface area (Å²) in [5.74, 6) is 0.659. The number of amides is 1. The Morgan fingerprint density at radius 2 is 1.77 bits per heavy atom. The highest BCUT2D eigenvalue weighted by molar-refractivity contribution is 7.91. The highest BCUT2D eigenvalue weighted by Gasteiger charge is 2.48. The van der Waals surface area contributed by atoms with E-state index in [0.29, 0.717) is 19.0 Å². The van der Waals surface area contributed by atoms with Crippen molar-refractivity contribution in [2.45, 2.75) is 52.3 Å². The monoisotopic (exact) mass is 332 g/mol. The number of nitrogens with zero attached hydrogens (tertiary/aromatic N) is 2. The fourth-order valence-corrected chi connectivity index (χ4v) is 5.28. The van der Waals surface area contributed by atoms with Crippen molar-refractivity contribution in [2.75, 3.05) is 31.1 Å². The molecule has 2 aliphatic heterocycles. The van der Waals surface area contributed by atoms with Crippen LogP contribution in [-0.4, -0.2) is 73.1 Å². The molecule has 128 valence electrons. The molecule has 0 unspecified atom stereocenters. The Kier molecular flexibility index (Phi) is 4.78. The number of rotatable bonds is 2. The van der Waals surface area contributed by atoms with Crippen LogP contribution in [0.4, 0.5) is 4.79 Å². The molecule has 0 radical (unpaired) electrons. The molecule has 2 atom stereocenters. The van der Waals surface area contributed by atoms with E-state index in [4.69, 9.17) is 4.74 Å². The van der Waals surface area contributed by atoms with E-state index in [1.807, 2.05) is 20.8 Å². The molecule has 0 aromatic rings. The second kappa shape index (κ2) is 6.00. The average Bonchev–Trinajstić information content (AvgIpc) is 2.61. The van der Waals surface area contributed by atoms with E-state index in [1.165, 1.54) is 0 Å². The molecule has 6 nitrogen and oxygen atoms in total. The molecular formula is C15H28N2O4S. The maximum Gasteiger partial charge on any atom is 0.410 e. The molecule has 0 aromatic carbocycles. The Morgan fingerprint density at radius 3 is 2.32 bits per heavy atom. The molecule has 2 heterocycles. The lowest BCUT2D eigenvalue weighted by atomic mass is 10.0. The molecular weight excluding hydrogens is 304 g/mol. The van der Waals surface area contributed by atoms with E-state index in [1.54, 1.807) is 4.90 Å². The number of ether oxygens (including phenoxy) is 1. The van der Waals surface area contributed by atoms with Crippen LogP contribution in [0.25, 0.3) is 0 Å². The largest absolute Gasteiger partial charge is 0.444 e. The van der Waals surface area contributed by atoms with Gasteiger partial charge in [0.25, 0.3) is 0 Å². The molecule has 2 saturated heterocycles. The van der Waals surface area contributed by atoms with Crippen LogP contribution in [0.3, 0.4) is 0 Å². The topological polar surface area (TPSA) is 66.9 Å². The zero-order valence-electron chi connectivity index (χ0n) is 14.2. The van der Waals surface area contributed by atoms with Crippen LogP contribution in [0.15, 0.2) is 0 Å². The van der Waals surface area contributed by atoms with Gasteiger partial charge in [-0.2, -0.15) is 0 Å². The van der Waals surface area contributed by atoms with Crippen molar-refractivity contribution < 1.29 is 17.9 Å². The maximum atomic E-state index is 12.4. The zero-order chi connectivity index (χ0) is 16.7. The van der Waals surface area contributed by atoms with Crippen molar-refractivity contribution in [3.63, 3.8) is 0 Å². The quantitative estimate of drug-likeness (QED) is 0.764. The molecule has 7 heteroatoms. The molecule has 0 spiro atoms. The van der Waals surface area contributed by atoms with Crippen LogP contribution >= 0.6 is 0 Å². The van der Waals surface area contributed by atoms with Crippen molar-refractivity contribution in [1.82, 2.24) is 9.80 Å². The number of carbonyl (C=O) groups excluding carboxylic acids is 1. The third-order valence-electron chi connectivity index (χ3n) is 4.02. The van der Waals surface area contributed by atoms with E-state index in [9.17, 15) is 13.2 Å². The van der Waals surface area contributed by atoms with E-state index >= 15 is 0 Å². The third kappa shape index (κ3) is 4.13. The van der Waals surface area contributed by atoms with Gasteiger partial charge in [-0.1, -0.05) is 13.8 Å². The molecule has 0 bridgehead atoms. The van der Waals surface area contributed by atoms with Crippen LogP contribution in [-0.2, 0) is 14.6 Å². The van der Waals surface area contributed by atoms with Crippen molar-refractivity contribution >= 4 is 15.9 Å². The summed E-state index contributed by atoms with van der Waals surface area (Å²) < 4.78 is 29.6. The Labute approximate surface area is 133 Å². The minimum atomic E-state index is -3.10. The Bertz CT molecular complexity index is 524. The van der Waals surface area contributed by atoms with Gasteiger partial charge in [-0.3, -0.25) is 4.90 Å². The molecule has 0 aliphatic carbocycles. The molecule has 1 amide bonds. The minimum absolute atomic E-state index is 0.0471. The summed E-state index contributed by atoms with van der Waals surface area (Å²) in [5, 5.41) is 0. The van der Waals surface area contributed by atoms with Crippen molar-refractivity contribution in [2.24, 2.45) is 5.92 Å². The van der Waals surface area contributed by atoms with Gasteiger partial charge in [0.2, 0.25) is 0 Å². The lowest BCUT2D eigenvalue weighted by Gasteiger charge is -2.44. The van der Waals surface area contributed by atoms with Gasteiger partial charge in [0.1, 0.15) is 5.60 Å². The van der Waals surface area contributed by atoms with Gasteiger partial charge in [0.15, 0.2) is 9.84 Å². The first-order chi connectivity index (χ1) is 9.98. The summed E-state index contributed by atoms with van der Waals surface area (Å²) in [6.45, 7) is 11.8. The molecule has 0 saturated carbocycles. The summed E-state index contributed by atoms with van der Waals surface area (Å²) in [5.41, 5.74) is -0.570. The molecule has 2 aliphatic rings. The molecule has 2 fully saturated rings. The number of fused-ring (bicyclic) bond motifs is 1. The lowest BCUT2D eigenvalue weighted by molar-refractivity contribution is -0.0108. The van der Waals surface area contributed by atoms with Gasteiger partial charge in [-0.05, 0) is 26.7 Å². The van der Waals surface area contributed by atoms with Crippen molar-refractivity contribution in [3.8, 4) is 0 Å². The summed E-state index contributed by atoms with van der Waals surface area (Å²) in [6.07, 6.45) is -0.399. The van der Waals surface area contributed by atoms with Crippen LogP contribution in [0, 0.1) is 5.92 Å². The van der Waals surface area contributed by atoms with Gasteiger partial charge < -0.3 is 9.64 Å². The van der Waals surface area contributed by atoms with Gasteiger partial charge in [0, 0.05) is 25.7 Å². The molecule has 2 rings (SSSR count). The Hall–Kier alpha value is -0.820. The number of hydrogen-bond acceptors (Lipinski definition) is 5. The zero-order valence-corrected chi connectivity index (χ0v) is 15.0. The first-order valence-corrected chi connectivity index (χ1v) is 9.75. The summed E-state index contributed by atoms with van der Waals surface area (Å²) in [6, 6.07) is -0.388. The summed E-state index contributed by atoms with van der Waals surface area (Å²) in [4.78, 5) is 16.2. The van der Waals surface area contributed by atoms with E-state index < -0.39 is 21.5 Å². The van der Waals surface area contributed by atoms with Gasteiger partial charge in [-0.25, -0.2) is 13.2 Å². The first kappa shape index (κ1) is 17.5. The van der Waals surface area contributed by atoms with Crippen molar-refractivity contribution in [3.05, 3.63) is 0 Å². The second-order valence-electron chi connectivity index (χ2n) is 7.77. The smallest absolute Gasteiger partial charge is 0.410 e. The van der Waals surface area contributed by atoms with Crippen LogP contribution < -0.4 is 0 Å². The lowest BCUT2D eigenvalue weighted by Crippen LogP contribution is -2.61. The third-order valence-corrected chi connectivity index (χ3v) is 5.72. The fourth-order valence-electron chi connectivity index (χ4n) is 3.27. The number of sulfone groups is 1. The first-order valence-electron chi connectivity index (χ1n) is 7.92. The summed E-state index contributed by atoms with van der Waals surface area (Å²) >= 11 is 0. The SMILES string of the molecule is CC(C)CN1CCN(C(=O)OC(C)(C)C)[C@@H]2CS(=O)(=O)C[C@H]21. The van der Waals surface area contributed by atoms with E-state index in [-0.39, 0.29) is 23.6 Å². The van der Waals surface area contributed by atoms with Crippen LogP contribution in [0.5, 0.6) is 0 Å². The summed E-state index contributed by atoms with van der Waals surface area (Å²) in [7, 11) is -3.10. The van der Waals surface area contributed by atoms with Gasteiger partial charge in [0.05, 0.1) is 17.5 Å². The van der Waals surface area contributed by atoms with Crippen LogP contribution in [0.2, 0.25) is 0 Å². The van der Waals surface area contributed by atoms with Crippen LogP contribution in [0.1, 0.15) is 34.6 Å². The minimum Gasteiger partial charge on any atom is -0.444 e. The maximum absolute atomic E-state index is 12.4. The number of carbonyl (C=O) groups is 1. The predicted molar refractivity (Wildman–Crippen MR) is 85.6 cm³/mol. The van der Waals surface area contributed by atoms with E-state index in [0.717, 1.165) is 6.54 Å². The standard InChI is InChI=1S/C15H28N2O4S/c1-11(2)8-16-6-7-17(14(18)21-15(3,4)5)13-10-22(19,20)9-12(13)16/h11-13H,6-10H2,1-5H3/t12-,13-/m1/s1. The second-order valence-corrected chi connectivity index (χ2v) is 9.93. The van der Waals surface area contributed by atoms with Gasteiger partial charge in [-0.15, -0.1) is 0 Å². The molecule has 22 heavy (non-hydrogen) atoms. The Balaban J connectivity index is 2.17. The van der Waals surface area contributed by atoms with Gasteiger partial charge >= 0.3 is 6.09 Å².